The molecule has 7 heteroatoms. The van der Waals surface area contributed by atoms with Gasteiger partial charge in [-0.1, -0.05) is 15.9 Å². The van der Waals surface area contributed by atoms with E-state index in [2.05, 4.69) is 21.2 Å². The molecule has 1 aromatic carbocycles. The highest BCUT2D eigenvalue weighted by Crippen LogP contribution is 2.36. The summed E-state index contributed by atoms with van der Waals surface area (Å²) in [5, 5.41) is 2.26. The van der Waals surface area contributed by atoms with E-state index in [0.717, 1.165) is 6.07 Å². The molecule has 0 aliphatic carbocycles. The number of carbonyl (C=O) groups is 1. The van der Waals surface area contributed by atoms with Crippen molar-refractivity contribution in [3.05, 3.63) is 28.2 Å². The third-order valence-corrected chi connectivity index (χ3v) is 2.88. The molecule has 1 unspecified atom stereocenters. The molecule has 19 heavy (non-hydrogen) atoms. The molecule has 0 fully saturated rings. The molecule has 0 radical (unpaired) electrons. The number of benzene rings is 1. The molecule has 3 nitrogen and oxygen atoms in total. The van der Waals surface area contributed by atoms with E-state index in [4.69, 9.17) is 5.73 Å². The van der Waals surface area contributed by atoms with Crippen LogP contribution in [0, 0.1) is 0 Å². The summed E-state index contributed by atoms with van der Waals surface area (Å²) < 4.78 is 38.7. The maximum Gasteiger partial charge on any atom is 0.418 e. The molecule has 0 aliphatic heterocycles. The summed E-state index contributed by atoms with van der Waals surface area (Å²) in [6.07, 6.45) is -4.01. The normalized spacial score (nSPS) is 13.2. The summed E-state index contributed by atoms with van der Waals surface area (Å²) in [5.74, 6) is -0.481. The average Bonchev–Trinajstić information content (AvgIpc) is 2.27. The van der Waals surface area contributed by atoms with Crippen molar-refractivity contribution >= 4 is 27.5 Å². The van der Waals surface area contributed by atoms with Gasteiger partial charge in [0, 0.05) is 16.9 Å². The monoisotopic (exact) mass is 338 g/mol. The van der Waals surface area contributed by atoms with Crippen LogP contribution in [0.2, 0.25) is 0 Å². The van der Waals surface area contributed by atoms with Gasteiger partial charge < -0.3 is 11.1 Å². The molecular weight excluding hydrogens is 325 g/mol. The van der Waals surface area contributed by atoms with Crippen molar-refractivity contribution in [3.63, 3.8) is 0 Å². The van der Waals surface area contributed by atoms with Crippen LogP contribution in [0.5, 0.6) is 0 Å². The Morgan fingerprint density at radius 2 is 2.11 bits per heavy atom. The first-order chi connectivity index (χ1) is 8.70. The summed E-state index contributed by atoms with van der Waals surface area (Å²) >= 11 is 2.98. The zero-order valence-corrected chi connectivity index (χ0v) is 11.8. The quantitative estimate of drug-likeness (QED) is 0.882. The maximum atomic E-state index is 12.8. The Balaban J connectivity index is 2.86. The SMILES string of the molecule is CC(N)CCC(=O)Nc1ccc(Br)cc1C(F)(F)F. The first-order valence-electron chi connectivity index (χ1n) is 5.62. The Hall–Kier alpha value is -1.08. The lowest BCUT2D eigenvalue weighted by Crippen LogP contribution is -2.20. The number of halogens is 4. The van der Waals surface area contributed by atoms with Crippen molar-refractivity contribution in [2.75, 3.05) is 5.32 Å². The number of anilines is 1. The number of nitrogens with one attached hydrogen (secondary N) is 1. The number of rotatable bonds is 4. The molecular formula is C12H14BrF3N2O. The Kier molecular flexibility index (Phi) is 5.37. The van der Waals surface area contributed by atoms with Crippen molar-refractivity contribution in [1.29, 1.82) is 0 Å². The molecule has 106 valence electrons. The first-order valence-corrected chi connectivity index (χ1v) is 6.41. The van der Waals surface area contributed by atoms with Gasteiger partial charge in [-0.25, -0.2) is 0 Å². The number of hydrogen-bond acceptors (Lipinski definition) is 2. The lowest BCUT2D eigenvalue weighted by molar-refractivity contribution is -0.137. The summed E-state index contributed by atoms with van der Waals surface area (Å²) in [6.45, 7) is 1.73. The zero-order chi connectivity index (χ0) is 14.6. The van der Waals surface area contributed by atoms with Crippen LogP contribution in [0.1, 0.15) is 25.3 Å². The molecule has 0 aromatic heterocycles. The van der Waals surface area contributed by atoms with E-state index in [1.54, 1.807) is 6.92 Å². The Bertz CT molecular complexity index is 461. The Morgan fingerprint density at radius 3 is 2.63 bits per heavy atom. The van der Waals surface area contributed by atoms with Crippen LogP contribution in [-0.2, 0) is 11.0 Å². The molecule has 0 heterocycles. The fourth-order valence-electron chi connectivity index (χ4n) is 1.43. The fraction of sp³-hybridized carbons (Fsp3) is 0.417. The number of nitrogens with two attached hydrogens (primary N) is 1. The van der Waals surface area contributed by atoms with Gasteiger partial charge in [0.25, 0.3) is 0 Å². The van der Waals surface area contributed by atoms with Crippen LogP contribution in [0.4, 0.5) is 18.9 Å². The van der Waals surface area contributed by atoms with E-state index in [-0.39, 0.29) is 18.2 Å². The summed E-state index contributed by atoms with van der Waals surface area (Å²) in [7, 11) is 0. The molecule has 1 aromatic rings. The van der Waals surface area contributed by atoms with Crippen LogP contribution in [0.15, 0.2) is 22.7 Å². The van der Waals surface area contributed by atoms with E-state index < -0.39 is 17.6 Å². The molecule has 1 amide bonds. The van der Waals surface area contributed by atoms with E-state index in [0.29, 0.717) is 10.9 Å². The van der Waals surface area contributed by atoms with Crippen molar-refractivity contribution in [1.82, 2.24) is 0 Å². The third kappa shape index (κ3) is 5.20. The van der Waals surface area contributed by atoms with Crippen molar-refractivity contribution < 1.29 is 18.0 Å². The molecule has 0 spiro atoms. The van der Waals surface area contributed by atoms with Gasteiger partial charge >= 0.3 is 6.18 Å². The van der Waals surface area contributed by atoms with Crippen LogP contribution in [0.25, 0.3) is 0 Å². The Labute approximate surface area is 117 Å². The molecule has 0 saturated heterocycles. The van der Waals surface area contributed by atoms with Gasteiger partial charge in [0.15, 0.2) is 0 Å². The van der Waals surface area contributed by atoms with Gasteiger partial charge in [-0.3, -0.25) is 4.79 Å². The lowest BCUT2D eigenvalue weighted by Gasteiger charge is -2.14. The molecule has 3 N–H and O–H groups in total. The van der Waals surface area contributed by atoms with Crippen molar-refractivity contribution in [2.45, 2.75) is 32.0 Å². The van der Waals surface area contributed by atoms with E-state index in [9.17, 15) is 18.0 Å². The van der Waals surface area contributed by atoms with Gasteiger partial charge in [0.2, 0.25) is 5.91 Å². The molecule has 0 aliphatic rings. The summed E-state index contributed by atoms with van der Waals surface area (Å²) in [5.41, 5.74) is 4.36. The fourth-order valence-corrected chi connectivity index (χ4v) is 1.79. The highest BCUT2D eigenvalue weighted by Gasteiger charge is 2.34. The zero-order valence-electron chi connectivity index (χ0n) is 10.2. The predicted molar refractivity (Wildman–Crippen MR) is 70.7 cm³/mol. The van der Waals surface area contributed by atoms with Gasteiger partial charge in [-0.15, -0.1) is 0 Å². The van der Waals surface area contributed by atoms with Gasteiger partial charge in [-0.2, -0.15) is 13.2 Å². The average molecular weight is 339 g/mol. The second-order valence-electron chi connectivity index (χ2n) is 4.25. The van der Waals surface area contributed by atoms with Gasteiger partial charge in [0.05, 0.1) is 11.3 Å². The van der Waals surface area contributed by atoms with Gasteiger partial charge in [-0.05, 0) is 31.5 Å². The highest BCUT2D eigenvalue weighted by molar-refractivity contribution is 9.10. The molecule has 0 saturated carbocycles. The summed E-state index contributed by atoms with van der Waals surface area (Å²) in [6, 6.07) is 3.42. The smallest absolute Gasteiger partial charge is 0.328 e. The minimum Gasteiger partial charge on any atom is -0.328 e. The number of hydrogen-bond donors (Lipinski definition) is 2. The lowest BCUT2D eigenvalue weighted by atomic mass is 10.1. The first kappa shape index (κ1) is 16.0. The topological polar surface area (TPSA) is 55.1 Å². The van der Waals surface area contributed by atoms with E-state index >= 15 is 0 Å². The second kappa shape index (κ2) is 6.38. The van der Waals surface area contributed by atoms with Crippen LogP contribution >= 0.6 is 15.9 Å². The largest absolute Gasteiger partial charge is 0.418 e. The van der Waals surface area contributed by atoms with Crippen molar-refractivity contribution in [2.24, 2.45) is 5.73 Å². The Morgan fingerprint density at radius 1 is 1.47 bits per heavy atom. The van der Waals surface area contributed by atoms with Crippen molar-refractivity contribution in [3.8, 4) is 0 Å². The van der Waals surface area contributed by atoms with Crippen LogP contribution in [-0.4, -0.2) is 11.9 Å². The van der Waals surface area contributed by atoms with Crippen LogP contribution in [0.3, 0.4) is 0 Å². The minimum absolute atomic E-state index is 0.0883. The molecule has 1 rings (SSSR count). The standard InChI is InChI=1S/C12H14BrF3N2O/c1-7(17)2-5-11(19)18-10-4-3-8(13)6-9(10)12(14,15)16/h3-4,6-7H,2,5,17H2,1H3,(H,18,19). The summed E-state index contributed by atoms with van der Waals surface area (Å²) in [4.78, 5) is 11.5. The third-order valence-electron chi connectivity index (χ3n) is 2.39. The molecule has 1 atom stereocenters. The van der Waals surface area contributed by atoms with Gasteiger partial charge in [0.1, 0.15) is 0 Å². The van der Waals surface area contributed by atoms with E-state index in [1.807, 2.05) is 0 Å². The minimum atomic E-state index is -4.52. The maximum absolute atomic E-state index is 12.8. The number of amides is 1. The molecule has 0 bridgehead atoms. The number of alkyl halides is 3. The van der Waals surface area contributed by atoms with Crippen LogP contribution < -0.4 is 11.1 Å². The van der Waals surface area contributed by atoms with E-state index in [1.165, 1.54) is 12.1 Å². The predicted octanol–water partition coefficient (Wildman–Crippen LogP) is 3.53. The highest BCUT2D eigenvalue weighted by atomic mass is 79.9. The number of carbonyl (C=O) groups excluding carboxylic acids is 1. The second-order valence-corrected chi connectivity index (χ2v) is 5.17.